The third-order valence-corrected chi connectivity index (χ3v) is 28.1. The SMILES string of the molecule is c1ccc(-c2nc(-c3ccccc3)nc(-c3cc(-c4ccc(-c5ccccc5)c(-c5ccccc5)c4)cnc3-c3ccc4sc5ccc6c(c7ccccc7n6-c6ccccc6)c5c4c3)n2)cc1.c1ccc(-c2nc(-c3ccccc3)nc(-c3cc(-c4ccc(-c5ccccc5)c(-c5ccccc5)c4)cnc3-c3cccc4sc5ccc6c(c7ccccc7n6-c6ccccc6)c5c34)n2)cc1. The molecule has 12 heteroatoms. The van der Waals surface area contributed by atoms with Crippen molar-refractivity contribution in [1.82, 2.24) is 49.0 Å². The maximum atomic E-state index is 5.52. The van der Waals surface area contributed by atoms with Gasteiger partial charge in [-0.2, -0.15) is 0 Å². The van der Waals surface area contributed by atoms with Gasteiger partial charge in [0, 0.05) is 141 Å². The topological polar surface area (TPSA) is 113 Å². The van der Waals surface area contributed by atoms with Crippen LogP contribution >= 0.6 is 22.7 Å². The maximum absolute atomic E-state index is 5.52. The van der Waals surface area contributed by atoms with Crippen molar-refractivity contribution in [3.63, 3.8) is 0 Å². The van der Waals surface area contributed by atoms with Gasteiger partial charge in [0.1, 0.15) is 0 Å². The lowest BCUT2D eigenvalue weighted by molar-refractivity contribution is 1.07. The van der Waals surface area contributed by atoms with Crippen LogP contribution in [-0.2, 0) is 0 Å². The zero-order valence-corrected chi connectivity index (χ0v) is 75.0. The molecule has 0 saturated heterocycles. The molecule has 0 N–H and O–H groups in total. The molecule has 8 aromatic heterocycles. The lowest BCUT2D eigenvalue weighted by atomic mass is 9.90. The molecule has 0 aliphatic rings. The van der Waals surface area contributed by atoms with E-state index in [1.165, 1.54) is 84.2 Å². The number of para-hydroxylation sites is 4. The van der Waals surface area contributed by atoms with Crippen LogP contribution < -0.4 is 0 Å². The molecular weight excluding hydrogens is 1690 g/mol. The van der Waals surface area contributed by atoms with Gasteiger partial charge in [-0.05, 0) is 159 Å². The van der Waals surface area contributed by atoms with Gasteiger partial charge in [0.15, 0.2) is 34.9 Å². The molecule has 0 fully saturated rings. The van der Waals surface area contributed by atoms with Crippen LogP contribution in [0.3, 0.4) is 0 Å². The van der Waals surface area contributed by atoms with E-state index in [1.807, 2.05) is 132 Å². The van der Waals surface area contributed by atoms with Gasteiger partial charge in [-0.25, -0.2) is 29.9 Å². The fourth-order valence-electron chi connectivity index (χ4n) is 19.5. The molecule has 26 rings (SSSR count). The summed E-state index contributed by atoms with van der Waals surface area (Å²) in [6.07, 6.45) is 4.02. The van der Waals surface area contributed by atoms with Crippen molar-refractivity contribution in [3.05, 3.63) is 473 Å². The first-order valence-electron chi connectivity index (χ1n) is 45.6. The Kier molecular flexibility index (Phi) is 20.4. The fourth-order valence-corrected chi connectivity index (χ4v) is 21.8. The highest BCUT2D eigenvalue weighted by molar-refractivity contribution is 7.26. The van der Waals surface area contributed by atoms with Gasteiger partial charge < -0.3 is 9.13 Å². The summed E-state index contributed by atoms with van der Waals surface area (Å²) in [5.74, 6) is 3.49. The molecule has 18 aromatic carbocycles. The second-order valence-electron chi connectivity index (χ2n) is 33.9. The smallest absolute Gasteiger partial charge is 0.166 e. The number of hydrogen-bond donors (Lipinski definition) is 0. The molecule has 0 bridgehead atoms. The van der Waals surface area contributed by atoms with Gasteiger partial charge in [-0.3, -0.25) is 9.97 Å². The van der Waals surface area contributed by atoms with E-state index in [9.17, 15) is 0 Å². The Balaban J connectivity index is 0.000000145. The second-order valence-corrected chi connectivity index (χ2v) is 36.1. The Bertz CT molecular complexity index is 8940. The predicted molar refractivity (Wildman–Crippen MR) is 566 cm³/mol. The van der Waals surface area contributed by atoms with E-state index >= 15 is 0 Å². The van der Waals surface area contributed by atoms with Crippen LogP contribution in [0.2, 0.25) is 0 Å². The van der Waals surface area contributed by atoms with Crippen molar-refractivity contribution < 1.29 is 0 Å². The minimum Gasteiger partial charge on any atom is -0.309 e. The number of rotatable bonds is 16. The first kappa shape index (κ1) is 80.4. The second kappa shape index (κ2) is 34.6. The molecule has 636 valence electrons. The van der Waals surface area contributed by atoms with E-state index in [4.69, 9.17) is 39.9 Å². The van der Waals surface area contributed by atoms with Crippen LogP contribution in [0, 0.1) is 0 Å². The number of nitrogens with zero attached hydrogens (tertiary/aromatic N) is 10. The highest BCUT2D eigenvalue weighted by atomic mass is 32.1. The average molecular weight is 1770 g/mol. The van der Waals surface area contributed by atoms with Crippen LogP contribution in [0.1, 0.15) is 0 Å². The minimum atomic E-state index is 0.550. The third kappa shape index (κ3) is 14.6. The van der Waals surface area contributed by atoms with Crippen molar-refractivity contribution in [3.8, 4) is 169 Å². The van der Waals surface area contributed by atoms with Crippen LogP contribution in [0.25, 0.3) is 253 Å². The summed E-state index contributed by atoms with van der Waals surface area (Å²) in [5, 5.41) is 9.73. The van der Waals surface area contributed by atoms with Crippen molar-refractivity contribution in [2.24, 2.45) is 0 Å². The van der Waals surface area contributed by atoms with Crippen LogP contribution in [0.15, 0.2) is 473 Å². The molecule has 0 amide bonds. The molecule has 0 atom stereocenters. The van der Waals surface area contributed by atoms with E-state index in [2.05, 4.69) is 373 Å². The molecular formula is C124H78N10S2. The van der Waals surface area contributed by atoms with E-state index in [0.717, 1.165) is 134 Å². The van der Waals surface area contributed by atoms with E-state index in [1.54, 1.807) is 0 Å². The maximum Gasteiger partial charge on any atom is 0.166 e. The van der Waals surface area contributed by atoms with Gasteiger partial charge in [-0.15, -0.1) is 22.7 Å². The van der Waals surface area contributed by atoms with Crippen molar-refractivity contribution >= 4 is 107 Å². The molecule has 0 unspecified atom stereocenters. The molecule has 136 heavy (non-hydrogen) atoms. The number of pyridine rings is 2. The Morgan fingerprint density at radius 1 is 0.162 bits per heavy atom. The summed E-state index contributed by atoms with van der Waals surface area (Å²) in [5.41, 5.74) is 29.1. The highest BCUT2D eigenvalue weighted by Gasteiger charge is 2.28. The average Bonchev–Trinajstić information content (AvgIpc) is 1.56. The Morgan fingerprint density at radius 3 is 0.919 bits per heavy atom. The monoisotopic (exact) mass is 1770 g/mol. The van der Waals surface area contributed by atoms with E-state index < -0.39 is 0 Å². The minimum absolute atomic E-state index is 0.550. The molecule has 10 nitrogen and oxygen atoms in total. The summed E-state index contributed by atoms with van der Waals surface area (Å²) in [6.45, 7) is 0. The molecule has 8 heterocycles. The molecule has 26 aromatic rings. The van der Waals surface area contributed by atoms with Crippen molar-refractivity contribution in [1.29, 1.82) is 0 Å². The lowest BCUT2D eigenvalue weighted by Gasteiger charge is -2.16. The van der Waals surface area contributed by atoms with Crippen LogP contribution in [-0.4, -0.2) is 49.0 Å². The van der Waals surface area contributed by atoms with Crippen molar-refractivity contribution in [2.75, 3.05) is 0 Å². The molecule has 0 radical (unpaired) electrons. The normalized spacial score (nSPS) is 11.5. The largest absolute Gasteiger partial charge is 0.309 e. The zero-order valence-electron chi connectivity index (χ0n) is 73.3. The predicted octanol–water partition coefficient (Wildman–Crippen LogP) is 32.8. The molecule has 0 aliphatic carbocycles. The number of hydrogen-bond acceptors (Lipinski definition) is 10. The number of fused-ring (bicyclic) bond motifs is 14. The molecule has 0 spiro atoms. The fraction of sp³-hybridized carbons (Fsp3) is 0. The number of benzene rings is 18. The lowest BCUT2D eigenvalue weighted by Crippen LogP contribution is -2.02. The van der Waals surface area contributed by atoms with E-state index in [0.29, 0.717) is 34.9 Å². The Morgan fingerprint density at radius 2 is 0.485 bits per heavy atom. The van der Waals surface area contributed by atoms with Crippen LogP contribution in [0.4, 0.5) is 0 Å². The zero-order chi connectivity index (χ0) is 89.9. The Labute approximate surface area is 792 Å². The summed E-state index contributed by atoms with van der Waals surface area (Å²) in [6, 6.07) is 162. The highest BCUT2D eigenvalue weighted by Crippen LogP contribution is 2.51. The van der Waals surface area contributed by atoms with Gasteiger partial charge in [0.25, 0.3) is 0 Å². The Hall–Kier alpha value is -17.7. The summed E-state index contributed by atoms with van der Waals surface area (Å²) >= 11 is 3.65. The van der Waals surface area contributed by atoms with Crippen molar-refractivity contribution in [2.45, 2.75) is 0 Å². The van der Waals surface area contributed by atoms with Gasteiger partial charge in [0.05, 0.1) is 33.5 Å². The quantitative estimate of drug-likeness (QED) is 0.0940. The van der Waals surface area contributed by atoms with E-state index in [-0.39, 0.29) is 0 Å². The van der Waals surface area contributed by atoms with Gasteiger partial charge in [-0.1, -0.05) is 358 Å². The molecule has 0 saturated carbocycles. The van der Waals surface area contributed by atoms with Crippen LogP contribution in [0.5, 0.6) is 0 Å². The van der Waals surface area contributed by atoms with Gasteiger partial charge in [0.2, 0.25) is 0 Å². The molecule has 0 aliphatic heterocycles. The standard InChI is InChI=1S/2C62H39N5S/c1-6-19-40(20-7-1)47-34-33-44(37-50(47)41-21-8-2-9-22-41)45-38-51(62-65-60(42-23-10-3-11-24-42)64-61(66-62)43-25-12-4-13-26-43)59(63-39-45)49-30-18-32-54-57(49)58-55(68-54)36-35-53-56(58)48-29-16-17-31-52(48)67(53)46-27-14-5-15-28-46;1-6-18-40(19-7-1)48-32-30-44(36-50(48)41-20-8-2-9-21-41)46-38-52(62-65-60(42-22-10-3-11-23-42)64-61(66-62)43-24-12-4-13-25-43)59(63-39-46)45-31-34-55-51(37-45)58-56(68-55)35-33-54-57(58)49-28-16-17-29-53(49)67(54)47-26-14-5-15-27-47/h2*1-39H. The summed E-state index contributed by atoms with van der Waals surface area (Å²) in [4.78, 5) is 42.3. The first-order valence-corrected chi connectivity index (χ1v) is 47.2. The number of thiophene rings is 2. The van der Waals surface area contributed by atoms with Gasteiger partial charge >= 0.3 is 0 Å². The first-order chi connectivity index (χ1) is 67.4. The third-order valence-electron chi connectivity index (χ3n) is 25.8. The summed E-state index contributed by atoms with van der Waals surface area (Å²) in [7, 11) is 0. The number of aromatic nitrogens is 10. The summed E-state index contributed by atoms with van der Waals surface area (Å²) < 4.78 is 9.65.